The van der Waals surface area contributed by atoms with Crippen LogP contribution in [0, 0.1) is 22.7 Å². The molecule has 0 atom stereocenters. The first-order valence-electron chi connectivity index (χ1n) is 4.42. The number of hydrogen-bond acceptors (Lipinski definition) is 3. The topological polar surface area (TPSA) is 59.6 Å². The van der Waals surface area contributed by atoms with Crippen molar-refractivity contribution in [1.29, 1.82) is 10.5 Å². The van der Waals surface area contributed by atoms with Crippen molar-refractivity contribution < 1.29 is 13.2 Å². The SMILES string of the molecule is N#CC(C#N)=C(Nc1ccccc1)C(F)(F)F. The number of rotatable bonds is 2. The first kappa shape index (κ1) is 12.6. The highest BCUT2D eigenvalue weighted by molar-refractivity contribution is 5.54. The Labute approximate surface area is 95.4 Å². The van der Waals surface area contributed by atoms with Crippen molar-refractivity contribution >= 4 is 5.69 Å². The predicted molar refractivity (Wildman–Crippen MR) is 54.4 cm³/mol. The molecule has 0 aromatic heterocycles. The van der Waals surface area contributed by atoms with E-state index in [4.69, 9.17) is 10.5 Å². The fraction of sp³-hybridized carbons (Fsp3) is 0.0909. The second-order valence-corrected chi connectivity index (χ2v) is 2.96. The zero-order valence-corrected chi connectivity index (χ0v) is 8.42. The molecule has 6 heteroatoms. The fourth-order valence-corrected chi connectivity index (χ4v) is 1.08. The van der Waals surface area contributed by atoms with E-state index in [9.17, 15) is 13.2 Å². The smallest absolute Gasteiger partial charge is 0.350 e. The number of alkyl halides is 3. The number of para-hydroxylation sites is 1. The first-order valence-corrected chi connectivity index (χ1v) is 4.42. The Hall–Kier alpha value is -2.47. The Morgan fingerprint density at radius 3 is 2.00 bits per heavy atom. The van der Waals surface area contributed by atoms with Crippen LogP contribution in [0.15, 0.2) is 41.6 Å². The molecule has 0 saturated carbocycles. The molecule has 0 aliphatic heterocycles. The molecule has 0 bridgehead atoms. The Kier molecular flexibility index (Phi) is 3.74. The van der Waals surface area contributed by atoms with Gasteiger partial charge in [0.15, 0.2) is 5.57 Å². The van der Waals surface area contributed by atoms with Gasteiger partial charge in [-0.1, -0.05) is 18.2 Å². The molecule has 3 nitrogen and oxygen atoms in total. The van der Waals surface area contributed by atoms with Gasteiger partial charge in [0.1, 0.15) is 17.8 Å². The van der Waals surface area contributed by atoms with Gasteiger partial charge in [0.25, 0.3) is 0 Å². The van der Waals surface area contributed by atoms with Crippen LogP contribution in [0.2, 0.25) is 0 Å². The minimum Gasteiger partial charge on any atom is -0.350 e. The quantitative estimate of drug-likeness (QED) is 0.804. The first-order chi connectivity index (χ1) is 7.99. The van der Waals surface area contributed by atoms with Crippen molar-refractivity contribution in [3.63, 3.8) is 0 Å². The van der Waals surface area contributed by atoms with Gasteiger partial charge in [-0.15, -0.1) is 0 Å². The van der Waals surface area contributed by atoms with Gasteiger partial charge in [0.05, 0.1) is 0 Å². The summed E-state index contributed by atoms with van der Waals surface area (Å²) in [5.74, 6) is 0. The molecule has 0 amide bonds. The Morgan fingerprint density at radius 2 is 1.59 bits per heavy atom. The molecule has 0 aliphatic carbocycles. The number of nitrogens with one attached hydrogen (secondary N) is 1. The van der Waals surface area contributed by atoms with Gasteiger partial charge in [-0.25, -0.2) is 0 Å². The summed E-state index contributed by atoms with van der Waals surface area (Å²) in [7, 11) is 0. The summed E-state index contributed by atoms with van der Waals surface area (Å²) in [5, 5.41) is 19.0. The van der Waals surface area contributed by atoms with Crippen LogP contribution in [-0.2, 0) is 0 Å². The standard InChI is InChI=1S/C11H6F3N3/c12-11(13,14)10(8(6-15)7-16)17-9-4-2-1-3-5-9/h1-5,17H. The normalized spacial score (nSPS) is 9.94. The summed E-state index contributed by atoms with van der Waals surface area (Å²) < 4.78 is 37.8. The van der Waals surface area contributed by atoms with Crippen LogP contribution in [0.4, 0.5) is 18.9 Å². The Morgan fingerprint density at radius 1 is 1.06 bits per heavy atom. The highest BCUT2D eigenvalue weighted by Gasteiger charge is 2.37. The highest BCUT2D eigenvalue weighted by atomic mass is 19.4. The Bertz CT molecular complexity index is 487. The zero-order valence-electron chi connectivity index (χ0n) is 8.42. The average Bonchev–Trinajstić information content (AvgIpc) is 2.29. The van der Waals surface area contributed by atoms with Crippen molar-refractivity contribution in [1.82, 2.24) is 0 Å². The van der Waals surface area contributed by atoms with E-state index in [-0.39, 0.29) is 5.69 Å². The van der Waals surface area contributed by atoms with E-state index in [1.165, 1.54) is 36.4 Å². The summed E-state index contributed by atoms with van der Waals surface area (Å²) in [6.07, 6.45) is -4.78. The van der Waals surface area contributed by atoms with Gasteiger partial charge in [-0.05, 0) is 12.1 Å². The van der Waals surface area contributed by atoms with Gasteiger partial charge in [0.2, 0.25) is 0 Å². The molecule has 1 aromatic rings. The van der Waals surface area contributed by atoms with Crippen LogP contribution in [0.5, 0.6) is 0 Å². The Balaban J connectivity index is 3.17. The number of nitriles is 2. The lowest BCUT2D eigenvalue weighted by Crippen LogP contribution is -2.21. The molecule has 1 aromatic carbocycles. The van der Waals surface area contributed by atoms with Crippen LogP contribution < -0.4 is 5.32 Å². The minimum absolute atomic E-state index is 0.155. The highest BCUT2D eigenvalue weighted by Crippen LogP contribution is 2.29. The second kappa shape index (κ2) is 5.04. The van der Waals surface area contributed by atoms with Crippen molar-refractivity contribution in [2.45, 2.75) is 6.18 Å². The predicted octanol–water partition coefficient (Wildman–Crippen LogP) is 2.96. The lowest BCUT2D eigenvalue weighted by molar-refractivity contribution is -0.0906. The molecule has 0 saturated heterocycles. The zero-order chi connectivity index (χ0) is 12.9. The maximum atomic E-state index is 12.6. The third-order valence-electron chi connectivity index (χ3n) is 1.80. The molecule has 1 N–H and O–H groups in total. The van der Waals surface area contributed by atoms with E-state index in [1.807, 2.05) is 5.32 Å². The molecule has 0 aliphatic rings. The van der Waals surface area contributed by atoms with E-state index in [0.29, 0.717) is 0 Å². The maximum Gasteiger partial charge on any atom is 0.433 e. The number of nitrogens with zero attached hydrogens (tertiary/aromatic N) is 2. The van der Waals surface area contributed by atoms with Crippen LogP contribution in [0.25, 0.3) is 0 Å². The molecule has 0 unspecified atom stereocenters. The van der Waals surface area contributed by atoms with E-state index >= 15 is 0 Å². The molecular formula is C11H6F3N3. The minimum atomic E-state index is -4.78. The number of benzene rings is 1. The van der Waals surface area contributed by atoms with Gasteiger partial charge in [-0.3, -0.25) is 0 Å². The molecule has 0 spiro atoms. The largest absolute Gasteiger partial charge is 0.433 e. The van der Waals surface area contributed by atoms with Crippen LogP contribution in [0.3, 0.4) is 0 Å². The molecule has 0 heterocycles. The lowest BCUT2D eigenvalue weighted by Gasteiger charge is -2.13. The number of allylic oxidation sites excluding steroid dienone is 2. The summed E-state index contributed by atoms with van der Waals surface area (Å²) in [5.41, 5.74) is -2.20. The van der Waals surface area contributed by atoms with Crippen LogP contribution in [-0.4, -0.2) is 6.18 Å². The lowest BCUT2D eigenvalue weighted by atomic mass is 10.2. The van der Waals surface area contributed by atoms with Gasteiger partial charge < -0.3 is 5.32 Å². The molecule has 0 radical (unpaired) electrons. The van der Waals surface area contributed by atoms with E-state index in [1.54, 1.807) is 6.07 Å². The summed E-state index contributed by atoms with van der Waals surface area (Å²) >= 11 is 0. The fourth-order valence-electron chi connectivity index (χ4n) is 1.08. The van der Waals surface area contributed by atoms with Crippen molar-refractivity contribution in [3.8, 4) is 12.1 Å². The third-order valence-corrected chi connectivity index (χ3v) is 1.80. The summed E-state index contributed by atoms with van der Waals surface area (Å²) in [6, 6.07) is 9.94. The molecular weight excluding hydrogens is 231 g/mol. The van der Waals surface area contributed by atoms with Gasteiger partial charge >= 0.3 is 6.18 Å². The molecule has 1 rings (SSSR count). The van der Waals surface area contributed by atoms with Crippen LogP contribution in [0.1, 0.15) is 0 Å². The van der Waals surface area contributed by atoms with E-state index in [0.717, 1.165) is 0 Å². The molecule has 86 valence electrons. The third kappa shape index (κ3) is 3.25. The van der Waals surface area contributed by atoms with Gasteiger partial charge in [-0.2, -0.15) is 23.7 Å². The van der Waals surface area contributed by atoms with Crippen molar-refractivity contribution in [3.05, 3.63) is 41.6 Å². The van der Waals surface area contributed by atoms with Gasteiger partial charge in [0, 0.05) is 5.69 Å². The average molecular weight is 237 g/mol. The maximum absolute atomic E-state index is 12.6. The summed E-state index contributed by atoms with van der Waals surface area (Å²) in [4.78, 5) is 0. The van der Waals surface area contributed by atoms with Crippen LogP contribution >= 0.6 is 0 Å². The number of anilines is 1. The van der Waals surface area contributed by atoms with E-state index < -0.39 is 17.4 Å². The second-order valence-electron chi connectivity index (χ2n) is 2.96. The number of hydrogen-bond donors (Lipinski definition) is 1. The molecule has 0 fully saturated rings. The van der Waals surface area contributed by atoms with E-state index in [2.05, 4.69) is 0 Å². The number of halogens is 3. The van der Waals surface area contributed by atoms with Crippen molar-refractivity contribution in [2.75, 3.05) is 5.32 Å². The monoisotopic (exact) mass is 237 g/mol. The molecule has 17 heavy (non-hydrogen) atoms. The summed E-state index contributed by atoms with van der Waals surface area (Å²) in [6.45, 7) is 0. The van der Waals surface area contributed by atoms with Crippen molar-refractivity contribution in [2.24, 2.45) is 0 Å².